The van der Waals surface area contributed by atoms with E-state index in [4.69, 9.17) is 4.74 Å². The van der Waals surface area contributed by atoms with E-state index in [9.17, 15) is 0 Å². The lowest BCUT2D eigenvalue weighted by Crippen LogP contribution is -2.20. The minimum Gasteiger partial charge on any atom is -0.372 e. The maximum Gasteiger partial charge on any atom is 0.0951 e. The van der Waals surface area contributed by atoms with Crippen molar-refractivity contribution in [3.63, 3.8) is 0 Å². The van der Waals surface area contributed by atoms with Crippen molar-refractivity contribution in [2.24, 2.45) is 0 Å². The molecule has 1 N–H and O–H groups in total. The van der Waals surface area contributed by atoms with E-state index < -0.39 is 0 Å². The van der Waals surface area contributed by atoms with Gasteiger partial charge in [0.1, 0.15) is 0 Å². The Morgan fingerprint density at radius 1 is 1.30 bits per heavy atom. The van der Waals surface area contributed by atoms with Crippen LogP contribution in [-0.4, -0.2) is 25.2 Å². The molecule has 1 aromatic heterocycles. The van der Waals surface area contributed by atoms with Crippen LogP contribution in [0, 0.1) is 0 Å². The smallest absolute Gasteiger partial charge is 0.0951 e. The molecule has 3 nitrogen and oxygen atoms in total. The van der Waals surface area contributed by atoms with Crippen LogP contribution in [0.5, 0.6) is 0 Å². The number of hydrogen-bond acceptors (Lipinski definition) is 3. The fraction of sp³-hybridized carbons (Fsp3) is 0.353. The summed E-state index contributed by atoms with van der Waals surface area (Å²) in [5.74, 6) is 0. The number of benzene rings is 1. The topological polar surface area (TPSA) is 34.1 Å². The molecule has 1 aliphatic rings. The molecule has 0 radical (unpaired) electrons. The van der Waals surface area contributed by atoms with Gasteiger partial charge in [0.2, 0.25) is 0 Å². The largest absolute Gasteiger partial charge is 0.372 e. The molecule has 0 unspecified atom stereocenters. The molecule has 2 aromatic rings. The molecule has 20 heavy (non-hydrogen) atoms. The number of pyridine rings is 1. The zero-order chi connectivity index (χ0) is 13.8. The number of likely N-dealkylation sites (N-methyl/N-ethyl adjacent to an activating group) is 1. The molecule has 3 heteroatoms. The van der Waals surface area contributed by atoms with Crippen LogP contribution < -0.4 is 5.32 Å². The van der Waals surface area contributed by atoms with Crippen LogP contribution >= 0.6 is 0 Å². The second-order valence-corrected chi connectivity index (χ2v) is 5.14. The van der Waals surface area contributed by atoms with Gasteiger partial charge >= 0.3 is 0 Å². The molecule has 3 rings (SSSR count). The van der Waals surface area contributed by atoms with Crippen LogP contribution in [0.15, 0.2) is 42.7 Å². The third-order valence-electron chi connectivity index (χ3n) is 3.81. The second-order valence-electron chi connectivity index (χ2n) is 5.14. The first kappa shape index (κ1) is 13.3. The average Bonchev–Trinajstić information content (AvgIpc) is 2.71. The summed E-state index contributed by atoms with van der Waals surface area (Å²) in [5, 5.41) is 3.23. The van der Waals surface area contributed by atoms with Gasteiger partial charge < -0.3 is 10.1 Å². The molecule has 104 valence electrons. The Kier molecular flexibility index (Phi) is 4.09. The van der Waals surface area contributed by atoms with Gasteiger partial charge in [0.05, 0.1) is 6.10 Å². The minimum absolute atomic E-state index is 0.147. The number of nitrogens with zero attached hydrogens (tertiary/aromatic N) is 1. The maximum atomic E-state index is 5.98. The molecule has 0 bridgehead atoms. The van der Waals surface area contributed by atoms with Crippen molar-refractivity contribution in [2.75, 3.05) is 20.2 Å². The van der Waals surface area contributed by atoms with Crippen molar-refractivity contribution in [3.05, 3.63) is 53.9 Å². The number of nitrogens with one attached hydrogen (secondary N) is 1. The Bertz CT molecular complexity index is 568. The van der Waals surface area contributed by atoms with Crippen LogP contribution in [0.1, 0.15) is 23.7 Å². The van der Waals surface area contributed by atoms with Crippen molar-refractivity contribution >= 4 is 0 Å². The second kappa shape index (κ2) is 6.16. The van der Waals surface area contributed by atoms with Crippen LogP contribution in [0.2, 0.25) is 0 Å². The van der Waals surface area contributed by atoms with Gasteiger partial charge in [-0.2, -0.15) is 0 Å². The molecule has 1 aromatic carbocycles. The van der Waals surface area contributed by atoms with E-state index in [1.807, 2.05) is 25.5 Å². The van der Waals surface area contributed by atoms with Gasteiger partial charge in [0.25, 0.3) is 0 Å². The van der Waals surface area contributed by atoms with Crippen LogP contribution in [0.3, 0.4) is 0 Å². The highest BCUT2D eigenvalue weighted by molar-refractivity contribution is 5.68. The van der Waals surface area contributed by atoms with E-state index in [0.29, 0.717) is 0 Å². The standard InChI is InChI=1S/C17H20N2O/c1-18-12-17-16-7-2-6-14(13-5-3-9-19-11-13)15(16)8-4-10-20-17/h2-3,5-7,9,11,17-18H,4,8,10,12H2,1H3/t17-/m1/s1. The predicted molar refractivity (Wildman–Crippen MR) is 80.6 cm³/mol. The van der Waals surface area contributed by atoms with E-state index >= 15 is 0 Å². The summed E-state index contributed by atoms with van der Waals surface area (Å²) in [6.45, 7) is 1.68. The number of ether oxygens (including phenoxy) is 1. The highest BCUT2D eigenvalue weighted by atomic mass is 16.5. The van der Waals surface area contributed by atoms with Crippen molar-refractivity contribution in [3.8, 4) is 11.1 Å². The van der Waals surface area contributed by atoms with Crippen molar-refractivity contribution in [2.45, 2.75) is 18.9 Å². The highest BCUT2D eigenvalue weighted by Crippen LogP contribution is 2.33. The molecule has 0 saturated heterocycles. The summed E-state index contributed by atoms with van der Waals surface area (Å²) in [6, 6.07) is 10.6. The fourth-order valence-electron chi connectivity index (χ4n) is 2.90. The number of aromatic nitrogens is 1. The molecule has 2 heterocycles. The SMILES string of the molecule is CNC[C@H]1OCCCc2c(-c3cccnc3)cccc21. The Labute approximate surface area is 120 Å². The van der Waals surface area contributed by atoms with Crippen LogP contribution in [0.25, 0.3) is 11.1 Å². The van der Waals surface area contributed by atoms with E-state index in [1.165, 1.54) is 22.3 Å². The normalized spacial score (nSPS) is 18.4. The molecular formula is C17H20N2O. The van der Waals surface area contributed by atoms with Gasteiger partial charge in [0.15, 0.2) is 0 Å². The summed E-state index contributed by atoms with van der Waals surface area (Å²) in [5.41, 5.74) is 5.22. The van der Waals surface area contributed by atoms with Gasteiger partial charge in [-0.15, -0.1) is 0 Å². The molecule has 1 aliphatic heterocycles. The van der Waals surface area contributed by atoms with Crippen molar-refractivity contribution in [1.29, 1.82) is 0 Å². The van der Waals surface area contributed by atoms with Crippen molar-refractivity contribution in [1.82, 2.24) is 10.3 Å². The molecule has 0 fully saturated rings. The molecule has 0 amide bonds. The Hall–Kier alpha value is -1.71. The predicted octanol–water partition coefficient (Wildman–Crippen LogP) is 2.97. The van der Waals surface area contributed by atoms with Crippen LogP contribution in [-0.2, 0) is 11.2 Å². The third kappa shape index (κ3) is 2.60. The number of rotatable bonds is 3. The summed E-state index contributed by atoms with van der Waals surface area (Å²) >= 11 is 0. The van der Waals surface area contributed by atoms with Gasteiger partial charge in [-0.1, -0.05) is 24.3 Å². The summed E-state index contributed by atoms with van der Waals surface area (Å²) < 4.78 is 5.98. The fourth-order valence-corrected chi connectivity index (χ4v) is 2.90. The average molecular weight is 268 g/mol. The quantitative estimate of drug-likeness (QED) is 0.929. The van der Waals surface area contributed by atoms with Gasteiger partial charge in [-0.05, 0) is 42.6 Å². The van der Waals surface area contributed by atoms with E-state index in [1.54, 1.807) is 0 Å². The van der Waals surface area contributed by atoms with E-state index in [2.05, 4.69) is 34.6 Å². The minimum atomic E-state index is 0.147. The summed E-state index contributed by atoms with van der Waals surface area (Å²) in [4.78, 5) is 4.25. The molecule has 0 aliphatic carbocycles. The van der Waals surface area contributed by atoms with Crippen molar-refractivity contribution < 1.29 is 4.74 Å². The molecular weight excluding hydrogens is 248 g/mol. The summed E-state index contributed by atoms with van der Waals surface area (Å²) in [6.07, 6.45) is 6.05. The van der Waals surface area contributed by atoms with Gasteiger partial charge in [0, 0.05) is 31.1 Å². The Morgan fingerprint density at radius 2 is 2.25 bits per heavy atom. The zero-order valence-electron chi connectivity index (χ0n) is 11.8. The van der Waals surface area contributed by atoms with Crippen LogP contribution in [0.4, 0.5) is 0 Å². The maximum absolute atomic E-state index is 5.98. The lowest BCUT2D eigenvalue weighted by molar-refractivity contribution is 0.0579. The van der Waals surface area contributed by atoms with E-state index in [0.717, 1.165) is 26.0 Å². The number of fused-ring (bicyclic) bond motifs is 1. The summed E-state index contributed by atoms with van der Waals surface area (Å²) in [7, 11) is 1.97. The van der Waals surface area contributed by atoms with E-state index in [-0.39, 0.29) is 6.10 Å². The highest BCUT2D eigenvalue weighted by Gasteiger charge is 2.21. The first-order chi connectivity index (χ1) is 9.90. The lowest BCUT2D eigenvalue weighted by Gasteiger charge is -2.19. The first-order valence-corrected chi connectivity index (χ1v) is 7.18. The first-order valence-electron chi connectivity index (χ1n) is 7.18. The lowest BCUT2D eigenvalue weighted by atomic mass is 9.91. The van der Waals surface area contributed by atoms with Gasteiger partial charge in [-0.25, -0.2) is 0 Å². The monoisotopic (exact) mass is 268 g/mol. The number of hydrogen-bond donors (Lipinski definition) is 1. The third-order valence-corrected chi connectivity index (χ3v) is 3.81. The molecule has 1 atom stereocenters. The van der Waals surface area contributed by atoms with Gasteiger partial charge in [-0.3, -0.25) is 4.98 Å². The Balaban J connectivity index is 2.08. The zero-order valence-corrected chi connectivity index (χ0v) is 11.8. The Morgan fingerprint density at radius 3 is 3.05 bits per heavy atom. The molecule has 0 spiro atoms. The molecule has 0 saturated carbocycles.